The van der Waals surface area contributed by atoms with E-state index in [1.54, 1.807) is 22.2 Å². The SMILES string of the molecule is Cn1cc2cc(-c3ccc4cc(CC5CC(F)(F)C5)sc4n3)cnc2n1. The first-order valence-corrected chi connectivity index (χ1v) is 9.34. The molecule has 26 heavy (non-hydrogen) atoms. The number of hydrogen-bond donors (Lipinski definition) is 0. The lowest BCUT2D eigenvalue weighted by molar-refractivity contribution is -0.109. The van der Waals surface area contributed by atoms with Crippen LogP contribution in [0.25, 0.3) is 32.5 Å². The lowest BCUT2D eigenvalue weighted by Gasteiger charge is -2.34. The van der Waals surface area contributed by atoms with Crippen molar-refractivity contribution in [2.75, 3.05) is 0 Å². The van der Waals surface area contributed by atoms with Crippen LogP contribution in [-0.4, -0.2) is 25.7 Å². The zero-order valence-corrected chi connectivity index (χ0v) is 14.9. The molecular formula is C19H16F2N4S. The molecule has 0 bridgehead atoms. The minimum atomic E-state index is -2.45. The number of aromatic nitrogens is 4. The van der Waals surface area contributed by atoms with Crippen LogP contribution in [0.5, 0.6) is 0 Å². The van der Waals surface area contributed by atoms with Gasteiger partial charge >= 0.3 is 0 Å². The molecule has 0 radical (unpaired) electrons. The van der Waals surface area contributed by atoms with E-state index in [-0.39, 0.29) is 18.8 Å². The van der Waals surface area contributed by atoms with E-state index in [4.69, 9.17) is 4.98 Å². The van der Waals surface area contributed by atoms with E-state index in [2.05, 4.69) is 16.1 Å². The van der Waals surface area contributed by atoms with Crippen LogP contribution in [0.2, 0.25) is 0 Å². The predicted molar refractivity (Wildman–Crippen MR) is 98.5 cm³/mol. The van der Waals surface area contributed by atoms with Gasteiger partial charge in [-0.3, -0.25) is 4.68 Å². The molecule has 1 aliphatic rings. The van der Waals surface area contributed by atoms with Crippen molar-refractivity contribution >= 4 is 32.6 Å². The Hall–Kier alpha value is -2.41. The lowest BCUT2D eigenvalue weighted by atomic mass is 9.79. The molecule has 0 saturated heterocycles. The van der Waals surface area contributed by atoms with Crippen molar-refractivity contribution in [3.63, 3.8) is 0 Å². The Labute approximate surface area is 152 Å². The fraction of sp³-hybridized carbons (Fsp3) is 0.316. The fourth-order valence-electron chi connectivity index (χ4n) is 3.62. The number of aryl methyl sites for hydroxylation is 1. The summed E-state index contributed by atoms with van der Waals surface area (Å²) in [5.74, 6) is -2.36. The Morgan fingerprint density at radius 2 is 2.08 bits per heavy atom. The fourth-order valence-corrected chi connectivity index (χ4v) is 4.76. The third-order valence-corrected chi connectivity index (χ3v) is 5.93. The number of hydrogen-bond acceptors (Lipinski definition) is 4. The van der Waals surface area contributed by atoms with Crippen molar-refractivity contribution < 1.29 is 8.78 Å². The van der Waals surface area contributed by atoms with E-state index < -0.39 is 5.92 Å². The Balaban J connectivity index is 1.45. The van der Waals surface area contributed by atoms with Crippen molar-refractivity contribution in [2.45, 2.75) is 25.2 Å². The van der Waals surface area contributed by atoms with Crippen molar-refractivity contribution in [2.24, 2.45) is 13.0 Å². The Morgan fingerprint density at radius 3 is 2.88 bits per heavy atom. The molecule has 0 spiro atoms. The summed E-state index contributed by atoms with van der Waals surface area (Å²) in [5, 5.41) is 6.33. The first-order valence-electron chi connectivity index (χ1n) is 8.52. The number of thiophene rings is 1. The van der Waals surface area contributed by atoms with Gasteiger partial charge in [0.05, 0.1) is 5.69 Å². The molecule has 4 aromatic rings. The maximum absolute atomic E-state index is 13.0. The number of halogens is 2. The topological polar surface area (TPSA) is 43.6 Å². The van der Waals surface area contributed by atoms with Gasteiger partial charge in [0.15, 0.2) is 5.65 Å². The second-order valence-electron chi connectivity index (χ2n) is 7.08. The standard InChI is InChI=1S/C19H16F2N4S/c1-25-10-14-5-13(9-22-17(14)24-25)16-3-2-12-6-15(26-18(12)23-16)4-11-7-19(20,21)8-11/h2-3,5-6,9-11H,4,7-8H2,1H3. The molecular weight excluding hydrogens is 354 g/mol. The van der Waals surface area contributed by atoms with E-state index >= 15 is 0 Å². The zero-order chi connectivity index (χ0) is 17.9. The number of pyridine rings is 2. The van der Waals surface area contributed by atoms with Crippen LogP contribution >= 0.6 is 11.3 Å². The van der Waals surface area contributed by atoms with Gasteiger partial charge in [-0.25, -0.2) is 18.7 Å². The summed E-state index contributed by atoms with van der Waals surface area (Å²) in [6, 6.07) is 8.14. The summed E-state index contributed by atoms with van der Waals surface area (Å²) in [4.78, 5) is 11.2. The summed E-state index contributed by atoms with van der Waals surface area (Å²) in [5.41, 5.74) is 2.52. The molecule has 4 aromatic heterocycles. The molecule has 0 unspecified atom stereocenters. The van der Waals surface area contributed by atoms with Crippen molar-refractivity contribution in [3.05, 3.63) is 41.5 Å². The van der Waals surface area contributed by atoms with Gasteiger partial charge in [-0.1, -0.05) is 0 Å². The van der Waals surface area contributed by atoms with Crippen LogP contribution < -0.4 is 0 Å². The summed E-state index contributed by atoms with van der Waals surface area (Å²) >= 11 is 1.60. The van der Waals surface area contributed by atoms with Gasteiger partial charge in [0.25, 0.3) is 0 Å². The van der Waals surface area contributed by atoms with Gasteiger partial charge < -0.3 is 0 Å². The highest BCUT2D eigenvalue weighted by molar-refractivity contribution is 7.18. The molecule has 1 fully saturated rings. The molecule has 4 heterocycles. The summed E-state index contributed by atoms with van der Waals surface area (Å²) < 4.78 is 27.8. The highest BCUT2D eigenvalue weighted by Crippen LogP contribution is 2.44. The third kappa shape index (κ3) is 2.76. The average molecular weight is 370 g/mol. The molecule has 7 heteroatoms. The molecule has 1 aliphatic carbocycles. The molecule has 132 valence electrons. The zero-order valence-electron chi connectivity index (χ0n) is 14.1. The number of rotatable bonds is 3. The summed E-state index contributed by atoms with van der Waals surface area (Å²) in [7, 11) is 1.87. The quantitative estimate of drug-likeness (QED) is 0.519. The number of alkyl halides is 2. The van der Waals surface area contributed by atoms with Gasteiger partial charge in [-0.05, 0) is 36.6 Å². The summed E-state index contributed by atoms with van der Waals surface area (Å²) in [6.45, 7) is 0. The smallest absolute Gasteiger partial charge is 0.248 e. The van der Waals surface area contributed by atoms with E-state index in [0.717, 1.165) is 38.2 Å². The monoisotopic (exact) mass is 370 g/mol. The van der Waals surface area contributed by atoms with Crippen LogP contribution in [0.15, 0.2) is 36.7 Å². The minimum absolute atomic E-state index is 0.0106. The van der Waals surface area contributed by atoms with E-state index in [1.807, 2.05) is 31.4 Å². The minimum Gasteiger partial charge on any atom is -0.273 e. The Kier molecular flexibility index (Phi) is 3.37. The van der Waals surface area contributed by atoms with Crippen LogP contribution in [-0.2, 0) is 13.5 Å². The number of nitrogens with zero attached hydrogens (tertiary/aromatic N) is 4. The molecule has 0 N–H and O–H groups in total. The van der Waals surface area contributed by atoms with E-state index in [0.29, 0.717) is 5.65 Å². The maximum atomic E-state index is 13.0. The largest absolute Gasteiger partial charge is 0.273 e. The van der Waals surface area contributed by atoms with Gasteiger partial charge in [0.2, 0.25) is 5.92 Å². The second kappa shape index (κ2) is 5.54. The van der Waals surface area contributed by atoms with Gasteiger partial charge in [0, 0.05) is 53.5 Å². The molecule has 5 rings (SSSR count). The third-order valence-electron chi connectivity index (χ3n) is 4.87. The van der Waals surface area contributed by atoms with E-state index in [9.17, 15) is 8.78 Å². The Morgan fingerprint density at radius 1 is 1.23 bits per heavy atom. The molecule has 0 aromatic carbocycles. The molecule has 0 aliphatic heterocycles. The van der Waals surface area contributed by atoms with Gasteiger partial charge in [-0.15, -0.1) is 11.3 Å². The van der Waals surface area contributed by atoms with Gasteiger partial charge in [0.1, 0.15) is 4.83 Å². The number of fused-ring (bicyclic) bond motifs is 2. The highest BCUT2D eigenvalue weighted by Gasteiger charge is 2.45. The molecule has 1 saturated carbocycles. The average Bonchev–Trinajstić information content (AvgIpc) is 3.12. The normalized spacial score (nSPS) is 17.0. The second-order valence-corrected chi connectivity index (χ2v) is 8.19. The molecule has 0 atom stereocenters. The van der Waals surface area contributed by atoms with Gasteiger partial charge in [-0.2, -0.15) is 5.10 Å². The van der Waals surface area contributed by atoms with Crippen molar-refractivity contribution in [1.29, 1.82) is 0 Å². The highest BCUT2D eigenvalue weighted by atomic mass is 32.1. The first kappa shape index (κ1) is 15.8. The predicted octanol–water partition coefficient (Wildman–Crippen LogP) is 4.83. The molecule has 4 nitrogen and oxygen atoms in total. The van der Waals surface area contributed by atoms with Crippen molar-refractivity contribution in [3.8, 4) is 11.3 Å². The lowest BCUT2D eigenvalue weighted by Crippen LogP contribution is -2.36. The van der Waals surface area contributed by atoms with Crippen LogP contribution in [0.4, 0.5) is 8.78 Å². The van der Waals surface area contributed by atoms with Crippen molar-refractivity contribution in [1.82, 2.24) is 19.7 Å². The first-order chi connectivity index (χ1) is 12.4. The maximum Gasteiger partial charge on any atom is 0.248 e. The Bertz CT molecular complexity index is 1120. The van der Waals surface area contributed by atoms with Crippen LogP contribution in [0, 0.1) is 5.92 Å². The summed E-state index contributed by atoms with van der Waals surface area (Å²) in [6.07, 6.45) is 4.46. The van der Waals surface area contributed by atoms with Crippen LogP contribution in [0.3, 0.4) is 0 Å². The van der Waals surface area contributed by atoms with Crippen LogP contribution in [0.1, 0.15) is 17.7 Å². The van der Waals surface area contributed by atoms with E-state index in [1.165, 1.54) is 0 Å². The molecule has 0 amide bonds.